The number of piperazine rings is 1. The lowest BCUT2D eigenvalue weighted by Crippen LogP contribution is -2.53. The van der Waals surface area contributed by atoms with Gasteiger partial charge in [-0.15, -0.1) is 10.2 Å². The van der Waals surface area contributed by atoms with E-state index >= 15 is 0 Å². The Balaban J connectivity index is 1.39. The van der Waals surface area contributed by atoms with Gasteiger partial charge in [-0.2, -0.15) is 9.40 Å². The molecule has 0 bridgehead atoms. The van der Waals surface area contributed by atoms with E-state index < -0.39 is 10.0 Å². The van der Waals surface area contributed by atoms with E-state index in [1.807, 2.05) is 32.0 Å². The molecule has 2 aromatic rings. The zero-order chi connectivity index (χ0) is 22.2. The number of hydrogen-bond donors (Lipinski definition) is 0. The largest absolute Gasteiger partial charge is 0.354 e. The number of aromatic nitrogens is 4. The lowest BCUT2D eigenvalue weighted by molar-refractivity contribution is -0.137. The van der Waals surface area contributed by atoms with Crippen molar-refractivity contribution >= 4 is 21.7 Å². The first-order valence-electron chi connectivity index (χ1n) is 10.6. The Morgan fingerprint density at radius 3 is 2.29 bits per heavy atom. The summed E-state index contributed by atoms with van der Waals surface area (Å²) in [6, 6.07) is 5.82. The summed E-state index contributed by atoms with van der Waals surface area (Å²) in [5, 5.41) is 13.2. The minimum Gasteiger partial charge on any atom is -0.354 e. The minimum atomic E-state index is -3.20. The van der Waals surface area contributed by atoms with Crippen LogP contribution in [-0.2, 0) is 14.8 Å². The fourth-order valence-electron chi connectivity index (χ4n) is 4.35. The van der Waals surface area contributed by atoms with Crippen LogP contribution in [0.15, 0.2) is 18.2 Å². The quantitative estimate of drug-likeness (QED) is 0.676. The molecule has 1 unspecified atom stereocenters. The summed E-state index contributed by atoms with van der Waals surface area (Å²) in [7, 11) is -3.20. The monoisotopic (exact) mass is 447 g/mol. The Morgan fingerprint density at radius 1 is 1.03 bits per heavy atom. The molecule has 4 rings (SSSR count). The van der Waals surface area contributed by atoms with Crippen molar-refractivity contribution in [3.8, 4) is 5.82 Å². The van der Waals surface area contributed by atoms with Crippen molar-refractivity contribution in [2.45, 2.75) is 26.7 Å². The first kappa shape index (κ1) is 21.7. The van der Waals surface area contributed by atoms with Gasteiger partial charge in [0.25, 0.3) is 0 Å². The van der Waals surface area contributed by atoms with Crippen LogP contribution in [0.1, 0.15) is 24.2 Å². The second-order valence-electron chi connectivity index (χ2n) is 8.36. The predicted molar refractivity (Wildman–Crippen MR) is 117 cm³/mol. The van der Waals surface area contributed by atoms with Crippen LogP contribution < -0.4 is 4.90 Å². The Morgan fingerprint density at radius 2 is 1.71 bits per heavy atom. The van der Waals surface area contributed by atoms with Gasteiger partial charge >= 0.3 is 0 Å². The highest BCUT2D eigenvalue weighted by molar-refractivity contribution is 7.88. The number of amides is 1. The highest BCUT2D eigenvalue weighted by Crippen LogP contribution is 2.24. The highest BCUT2D eigenvalue weighted by Gasteiger charge is 2.33. The number of carbonyl (C=O) groups is 1. The molecule has 0 aliphatic carbocycles. The average Bonchev–Trinajstić information content (AvgIpc) is 3.11. The average molecular weight is 448 g/mol. The number of aryl methyl sites for hydroxylation is 2. The molecule has 168 valence electrons. The molecule has 0 aromatic carbocycles. The van der Waals surface area contributed by atoms with E-state index in [1.54, 1.807) is 9.58 Å². The van der Waals surface area contributed by atoms with Crippen LogP contribution in [0.3, 0.4) is 0 Å². The second-order valence-corrected chi connectivity index (χ2v) is 10.3. The van der Waals surface area contributed by atoms with Gasteiger partial charge in [-0.05, 0) is 44.9 Å². The molecule has 2 aliphatic rings. The molecule has 11 heteroatoms. The molecule has 2 fully saturated rings. The molecule has 10 nitrogen and oxygen atoms in total. The third-order valence-corrected chi connectivity index (χ3v) is 7.28. The molecule has 1 atom stereocenters. The number of piperidine rings is 1. The standard InChI is InChI=1S/C20H29N7O3S/c1-15-13-16(2)27(23-15)19-7-6-18(21-22-19)25-8-4-5-17(14-25)20(28)24-9-11-26(12-10-24)31(3,29)30/h6-7,13,17H,4-5,8-12,14H2,1-3H3. The predicted octanol–water partition coefficient (Wildman–Crippen LogP) is 0.599. The molecule has 1 amide bonds. The van der Waals surface area contributed by atoms with Crippen molar-refractivity contribution in [2.75, 3.05) is 50.4 Å². The first-order valence-corrected chi connectivity index (χ1v) is 12.4. The van der Waals surface area contributed by atoms with E-state index in [1.165, 1.54) is 10.6 Å². The molecular formula is C20H29N7O3S. The summed E-state index contributed by atoms with van der Waals surface area (Å²) >= 11 is 0. The van der Waals surface area contributed by atoms with E-state index in [0.717, 1.165) is 36.6 Å². The van der Waals surface area contributed by atoms with Crippen molar-refractivity contribution in [1.82, 2.24) is 29.2 Å². The Bertz CT molecular complexity index is 1040. The van der Waals surface area contributed by atoms with Gasteiger partial charge in [0.1, 0.15) is 0 Å². The molecule has 4 heterocycles. The van der Waals surface area contributed by atoms with Gasteiger partial charge in [0.2, 0.25) is 15.9 Å². The van der Waals surface area contributed by atoms with Crippen molar-refractivity contribution in [3.63, 3.8) is 0 Å². The number of nitrogens with zero attached hydrogens (tertiary/aromatic N) is 7. The molecule has 0 radical (unpaired) electrons. The van der Waals surface area contributed by atoms with Gasteiger partial charge in [0.05, 0.1) is 17.9 Å². The van der Waals surface area contributed by atoms with Gasteiger partial charge in [-0.1, -0.05) is 0 Å². The third-order valence-electron chi connectivity index (χ3n) is 5.98. The summed E-state index contributed by atoms with van der Waals surface area (Å²) in [5.74, 6) is 1.41. The van der Waals surface area contributed by atoms with Crippen molar-refractivity contribution in [2.24, 2.45) is 5.92 Å². The first-order chi connectivity index (χ1) is 14.7. The van der Waals surface area contributed by atoms with Crippen LogP contribution in [0.25, 0.3) is 5.82 Å². The third kappa shape index (κ3) is 4.72. The van der Waals surface area contributed by atoms with Gasteiger partial charge in [0.15, 0.2) is 11.6 Å². The van der Waals surface area contributed by atoms with Crippen LogP contribution in [0.5, 0.6) is 0 Å². The minimum absolute atomic E-state index is 0.102. The lowest BCUT2D eigenvalue weighted by Gasteiger charge is -2.38. The summed E-state index contributed by atoms with van der Waals surface area (Å²) in [6.07, 6.45) is 2.95. The Kier molecular flexibility index (Phi) is 5.98. The number of carbonyl (C=O) groups excluding carboxylic acids is 1. The summed E-state index contributed by atoms with van der Waals surface area (Å²) in [4.78, 5) is 17.0. The van der Waals surface area contributed by atoms with Crippen LogP contribution in [0.2, 0.25) is 0 Å². The zero-order valence-corrected chi connectivity index (χ0v) is 19.0. The van der Waals surface area contributed by atoms with Gasteiger partial charge in [0, 0.05) is 45.0 Å². The molecule has 0 spiro atoms. The smallest absolute Gasteiger partial charge is 0.227 e. The lowest BCUT2D eigenvalue weighted by atomic mass is 9.96. The maximum atomic E-state index is 13.0. The van der Waals surface area contributed by atoms with Crippen LogP contribution in [0, 0.1) is 19.8 Å². The Hall–Kier alpha value is -2.53. The Labute approximate surface area is 182 Å². The fourth-order valence-corrected chi connectivity index (χ4v) is 5.17. The summed E-state index contributed by atoms with van der Waals surface area (Å²) < 4.78 is 26.6. The van der Waals surface area contributed by atoms with Crippen molar-refractivity contribution in [3.05, 3.63) is 29.6 Å². The fraction of sp³-hybridized carbons (Fsp3) is 0.600. The maximum absolute atomic E-state index is 13.0. The molecule has 0 N–H and O–H groups in total. The molecule has 2 saturated heterocycles. The maximum Gasteiger partial charge on any atom is 0.227 e. The van der Waals surface area contributed by atoms with Crippen molar-refractivity contribution < 1.29 is 13.2 Å². The van der Waals surface area contributed by atoms with Crippen LogP contribution >= 0.6 is 0 Å². The normalized spacial score (nSPS) is 20.8. The van der Waals surface area contributed by atoms with E-state index in [0.29, 0.717) is 38.5 Å². The van der Waals surface area contributed by atoms with E-state index in [-0.39, 0.29) is 11.8 Å². The summed E-state index contributed by atoms with van der Waals surface area (Å²) in [6.45, 7) is 6.96. The van der Waals surface area contributed by atoms with Gasteiger partial charge in [-0.25, -0.2) is 13.1 Å². The topological polar surface area (TPSA) is 105 Å². The van der Waals surface area contributed by atoms with E-state index in [9.17, 15) is 13.2 Å². The molecule has 31 heavy (non-hydrogen) atoms. The zero-order valence-electron chi connectivity index (χ0n) is 18.2. The van der Waals surface area contributed by atoms with Crippen molar-refractivity contribution in [1.29, 1.82) is 0 Å². The number of hydrogen-bond acceptors (Lipinski definition) is 7. The number of sulfonamides is 1. The summed E-state index contributed by atoms with van der Waals surface area (Å²) in [5.41, 5.74) is 1.93. The number of rotatable bonds is 4. The van der Waals surface area contributed by atoms with E-state index in [2.05, 4.69) is 20.2 Å². The molecule has 2 aliphatic heterocycles. The number of anilines is 1. The molecular weight excluding hydrogens is 418 g/mol. The molecule has 0 saturated carbocycles. The SMILES string of the molecule is Cc1cc(C)n(-c2ccc(N3CCCC(C(=O)N4CCN(S(C)(=O)=O)CC4)C3)nn2)n1. The highest BCUT2D eigenvalue weighted by atomic mass is 32.2. The van der Waals surface area contributed by atoms with E-state index in [4.69, 9.17) is 0 Å². The second kappa shape index (κ2) is 8.54. The molecule has 2 aromatic heterocycles. The van der Waals surface area contributed by atoms with Crippen LogP contribution in [-0.4, -0.2) is 89.0 Å². The van der Waals surface area contributed by atoms with Crippen LogP contribution in [0.4, 0.5) is 5.82 Å². The van der Waals surface area contributed by atoms with Gasteiger partial charge in [-0.3, -0.25) is 4.79 Å². The van der Waals surface area contributed by atoms with Gasteiger partial charge < -0.3 is 9.80 Å².